The lowest BCUT2D eigenvalue weighted by atomic mass is 10.1. The van der Waals surface area contributed by atoms with Crippen LogP contribution in [0.1, 0.15) is 16.7 Å². The number of rotatable bonds is 3. The summed E-state index contributed by atoms with van der Waals surface area (Å²) in [6.07, 6.45) is 0. The number of aryl methyl sites for hydroxylation is 2. The van der Waals surface area contributed by atoms with E-state index in [1.807, 2.05) is 25.1 Å². The van der Waals surface area contributed by atoms with Gasteiger partial charge < -0.3 is 10.4 Å². The van der Waals surface area contributed by atoms with Crippen LogP contribution in [0.15, 0.2) is 42.5 Å². The van der Waals surface area contributed by atoms with E-state index >= 15 is 0 Å². The molecule has 0 saturated carbocycles. The zero-order chi connectivity index (χ0) is 12.3. The molecule has 88 valence electrons. The van der Waals surface area contributed by atoms with Gasteiger partial charge in [0, 0.05) is 6.54 Å². The summed E-state index contributed by atoms with van der Waals surface area (Å²) in [5, 5.41) is 13.1. The van der Waals surface area contributed by atoms with E-state index in [1.165, 1.54) is 11.1 Å². The zero-order valence-corrected chi connectivity index (χ0v) is 10.2. The summed E-state index contributed by atoms with van der Waals surface area (Å²) in [6.45, 7) is 4.69. The first-order valence-electron chi connectivity index (χ1n) is 5.75. The maximum absolute atomic E-state index is 9.86. The molecular weight excluding hydrogens is 210 g/mol. The average molecular weight is 227 g/mol. The van der Waals surface area contributed by atoms with Gasteiger partial charge in [0.15, 0.2) is 0 Å². The van der Waals surface area contributed by atoms with Crippen LogP contribution in [0.5, 0.6) is 5.75 Å². The number of aromatic hydroxyl groups is 1. The predicted molar refractivity (Wildman–Crippen MR) is 71.3 cm³/mol. The van der Waals surface area contributed by atoms with Crippen LogP contribution >= 0.6 is 0 Å². The Kier molecular flexibility index (Phi) is 3.33. The molecule has 0 aromatic heterocycles. The fourth-order valence-corrected chi connectivity index (χ4v) is 1.70. The molecule has 0 aliphatic rings. The highest BCUT2D eigenvalue weighted by atomic mass is 16.3. The quantitative estimate of drug-likeness (QED) is 0.785. The van der Waals surface area contributed by atoms with Crippen LogP contribution in [-0.2, 0) is 6.54 Å². The number of nitrogens with one attached hydrogen (secondary N) is 1. The van der Waals surface area contributed by atoms with E-state index < -0.39 is 0 Å². The van der Waals surface area contributed by atoms with E-state index in [4.69, 9.17) is 0 Å². The topological polar surface area (TPSA) is 32.3 Å². The van der Waals surface area contributed by atoms with Crippen molar-refractivity contribution in [3.8, 4) is 5.75 Å². The van der Waals surface area contributed by atoms with Crippen molar-refractivity contribution in [1.82, 2.24) is 0 Å². The van der Waals surface area contributed by atoms with E-state index in [0.29, 0.717) is 5.75 Å². The van der Waals surface area contributed by atoms with Crippen LogP contribution in [0.25, 0.3) is 0 Å². The maximum Gasteiger partial charge on any atom is 0.141 e. The molecule has 0 amide bonds. The van der Waals surface area contributed by atoms with Crippen LogP contribution < -0.4 is 5.32 Å². The summed E-state index contributed by atoms with van der Waals surface area (Å²) in [5.74, 6) is 0.333. The number of para-hydroxylation sites is 1. The number of benzene rings is 2. The smallest absolute Gasteiger partial charge is 0.141 e. The number of anilines is 1. The Morgan fingerprint density at radius 3 is 2.41 bits per heavy atom. The average Bonchev–Trinajstić information content (AvgIpc) is 2.33. The van der Waals surface area contributed by atoms with Gasteiger partial charge in [-0.1, -0.05) is 42.0 Å². The van der Waals surface area contributed by atoms with Gasteiger partial charge in [-0.3, -0.25) is 0 Å². The molecule has 2 N–H and O–H groups in total. The molecule has 0 heterocycles. The molecule has 2 heteroatoms. The van der Waals surface area contributed by atoms with E-state index in [9.17, 15) is 5.11 Å². The zero-order valence-electron chi connectivity index (χ0n) is 10.2. The summed E-state index contributed by atoms with van der Waals surface area (Å²) in [4.78, 5) is 0. The summed E-state index contributed by atoms with van der Waals surface area (Å²) in [7, 11) is 0. The minimum absolute atomic E-state index is 0.333. The highest BCUT2D eigenvalue weighted by molar-refractivity contribution is 5.59. The van der Waals surface area contributed by atoms with Gasteiger partial charge in [0.05, 0.1) is 5.69 Å². The monoisotopic (exact) mass is 227 g/mol. The van der Waals surface area contributed by atoms with Crippen molar-refractivity contribution in [2.24, 2.45) is 0 Å². The predicted octanol–water partition coefficient (Wildman–Crippen LogP) is 3.62. The van der Waals surface area contributed by atoms with Crippen molar-refractivity contribution in [3.63, 3.8) is 0 Å². The first kappa shape index (κ1) is 11.5. The molecule has 0 aliphatic heterocycles. The van der Waals surface area contributed by atoms with E-state index in [1.54, 1.807) is 0 Å². The van der Waals surface area contributed by atoms with Gasteiger partial charge >= 0.3 is 0 Å². The van der Waals surface area contributed by atoms with E-state index in [-0.39, 0.29) is 0 Å². The molecule has 17 heavy (non-hydrogen) atoms. The van der Waals surface area contributed by atoms with Crippen LogP contribution in [0, 0.1) is 13.8 Å². The molecule has 0 spiro atoms. The van der Waals surface area contributed by atoms with Gasteiger partial charge in [-0.15, -0.1) is 0 Å². The number of hydrogen-bond acceptors (Lipinski definition) is 2. The Balaban J connectivity index is 2.07. The molecule has 0 bridgehead atoms. The van der Waals surface area contributed by atoms with Gasteiger partial charge in [-0.2, -0.15) is 0 Å². The van der Waals surface area contributed by atoms with Gasteiger partial charge in [0.25, 0.3) is 0 Å². The van der Waals surface area contributed by atoms with E-state index in [2.05, 4.69) is 36.5 Å². The van der Waals surface area contributed by atoms with Crippen molar-refractivity contribution in [1.29, 1.82) is 0 Å². The fraction of sp³-hybridized carbons (Fsp3) is 0.200. The Hall–Kier alpha value is -1.96. The van der Waals surface area contributed by atoms with Crippen LogP contribution in [0.2, 0.25) is 0 Å². The van der Waals surface area contributed by atoms with Gasteiger partial charge in [-0.25, -0.2) is 0 Å². The third kappa shape index (κ3) is 2.78. The maximum atomic E-state index is 9.86. The summed E-state index contributed by atoms with van der Waals surface area (Å²) in [5.41, 5.74) is 4.13. The van der Waals surface area contributed by atoms with Crippen molar-refractivity contribution in [3.05, 3.63) is 59.2 Å². The number of phenolic OH excluding ortho intramolecular Hbond substituents is 1. The van der Waals surface area contributed by atoms with Crippen LogP contribution in [0.4, 0.5) is 5.69 Å². The van der Waals surface area contributed by atoms with Crippen molar-refractivity contribution in [2.45, 2.75) is 20.4 Å². The second-order valence-electron chi connectivity index (χ2n) is 4.31. The Morgan fingerprint density at radius 1 is 1.00 bits per heavy atom. The molecule has 2 nitrogen and oxygen atoms in total. The largest absolute Gasteiger partial charge is 0.506 e. The minimum atomic E-state index is 0.333. The van der Waals surface area contributed by atoms with Gasteiger partial charge in [-0.05, 0) is 31.0 Å². The van der Waals surface area contributed by atoms with Gasteiger partial charge in [0.2, 0.25) is 0 Å². The lowest BCUT2D eigenvalue weighted by molar-refractivity contribution is 0.473. The van der Waals surface area contributed by atoms with E-state index in [0.717, 1.165) is 17.8 Å². The highest BCUT2D eigenvalue weighted by Crippen LogP contribution is 2.26. The van der Waals surface area contributed by atoms with Crippen LogP contribution in [-0.4, -0.2) is 5.11 Å². The lowest BCUT2D eigenvalue weighted by Gasteiger charge is -2.10. The molecule has 0 atom stereocenters. The molecule has 2 aromatic carbocycles. The molecule has 0 fully saturated rings. The normalized spacial score (nSPS) is 10.2. The van der Waals surface area contributed by atoms with Gasteiger partial charge in [0.1, 0.15) is 5.75 Å². The second kappa shape index (κ2) is 4.91. The molecule has 2 aromatic rings. The third-order valence-electron chi connectivity index (χ3n) is 2.84. The SMILES string of the molecule is Cc1ccc(CNc2cccc(C)c2O)cc1. The highest BCUT2D eigenvalue weighted by Gasteiger charge is 2.02. The molecule has 2 rings (SSSR count). The summed E-state index contributed by atoms with van der Waals surface area (Å²) in [6, 6.07) is 14.1. The third-order valence-corrected chi connectivity index (χ3v) is 2.84. The van der Waals surface area contributed by atoms with Crippen LogP contribution in [0.3, 0.4) is 0 Å². The Morgan fingerprint density at radius 2 is 1.71 bits per heavy atom. The molecule has 0 radical (unpaired) electrons. The summed E-state index contributed by atoms with van der Waals surface area (Å²) >= 11 is 0. The number of phenols is 1. The molecule has 0 unspecified atom stereocenters. The lowest BCUT2D eigenvalue weighted by Crippen LogP contribution is -1.99. The van der Waals surface area contributed by atoms with Crippen molar-refractivity contribution in [2.75, 3.05) is 5.32 Å². The number of hydrogen-bond donors (Lipinski definition) is 2. The second-order valence-corrected chi connectivity index (χ2v) is 4.31. The van der Waals surface area contributed by atoms with Crippen molar-refractivity contribution < 1.29 is 5.11 Å². The minimum Gasteiger partial charge on any atom is -0.506 e. The first-order valence-corrected chi connectivity index (χ1v) is 5.75. The van der Waals surface area contributed by atoms with Crippen molar-refractivity contribution >= 4 is 5.69 Å². The molecule has 0 aliphatic carbocycles. The Bertz CT molecular complexity index is 503. The molecule has 0 saturated heterocycles. The first-order chi connectivity index (χ1) is 8.16. The fourth-order valence-electron chi connectivity index (χ4n) is 1.70. The molecular formula is C15H17NO. The summed E-state index contributed by atoms with van der Waals surface area (Å²) < 4.78 is 0. The standard InChI is InChI=1S/C15H17NO/c1-11-6-8-13(9-7-11)10-16-14-5-3-4-12(2)15(14)17/h3-9,16-17H,10H2,1-2H3. The Labute approximate surface area is 102 Å².